The Balaban J connectivity index is 1.41. The molecule has 0 bridgehead atoms. The van der Waals surface area contributed by atoms with Crippen LogP contribution in [-0.4, -0.2) is 23.9 Å². The standard InChI is InChI=1S/C22H16ClN3O5/c1-13-8-20-16(9-17(13)23)22(28)14(11-29-20)10-24-26-21(27)12-30-18-5-3-2-4-15(18)19-6-7-25-31-19/h2-11H,12H2,1H3,(H,26,27)/b24-10+. The summed E-state index contributed by atoms with van der Waals surface area (Å²) in [7, 11) is 0. The van der Waals surface area contributed by atoms with Gasteiger partial charge in [-0.15, -0.1) is 0 Å². The molecule has 0 aliphatic carbocycles. The smallest absolute Gasteiger partial charge is 0.277 e. The van der Waals surface area contributed by atoms with Gasteiger partial charge in [0.15, 0.2) is 12.4 Å². The Bertz CT molecular complexity index is 1330. The van der Waals surface area contributed by atoms with Crippen molar-refractivity contribution in [3.63, 3.8) is 0 Å². The number of nitrogens with zero attached hydrogens (tertiary/aromatic N) is 2. The van der Waals surface area contributed by atoms with Gasteiger partial charge in [-0.25, -0.2) is 5.43 Å². The van der Waals surface area contributed by atoms with Gasteiger partial charge in [0.05, 0.1) is 28.9 Å². The van der Waals surface area contributed by atoms with Crippen molar-refractivity contribution in [3.05, 3.63) is 81.3 Å². The van der Waals surface area contributed by atoms with Crippen molar-refractivity contribution in [3.8, 4) is 17.1 Å². The molecule has 0 atom stereocenters. The third kappa shape index (κ3) is 4.49. The quantitative estimate of drug-likeness (QED) is 0.361. The normalized spacial score (nSPS) is 11.2. The molecule has 0 aliphatic rings. The third-order valence-electron chi connectivity index (χ3n) is 4.42. The average molecular weight is 438 g/mol. The van der Waals surface area contributed by atoms with Crippen LogP contribution in [0.2, 0.25) is 5.02 Å². The number of ether oxygens (including phenoxy) is 1. The Kier molecular flexibility index (Phi) is 5.81. The van der Waals surface area contributed by atoms with Crippen LogP contribution in [0.15, 0.2) is 73.8 Å². The van der Waals surface area contributed by atoms with Gasteiger partial charge in [0, 0.05) is 11.1 Å². The lowest BCUT2D eigenvalue weighted by Gasteiger charge is -2.08. The topological polar surface area (TPSA) is 107 Å². The minimum Gasteiger partial charge on any atom is -0.483 e. The second-order valence-electron chi connectivity index (χ2n) is 6.57. The van der Waals surface area contributed by atoms with E-state index in [4.69, 9.17) is 25.3 Å². The van der Waals surface area contributed by atoms with E-state index in [1.165, 1.54) is 18.7 Å². The Morgan fingerprint density at radius 3 is 2.94 bits per heavy atom. The molecule has 0 radical (unpaired) electrons. The highest BCUT2D eigenvalue weighted by molar-refractivity contribution is 6.32. The van der Waals surface area contributed by atoms with Gasteiger partial charge < -0.3 is 13.7 Å². The number of carbonyl (C=O) groups is 1. The van der Waals surface area contributed by atoms with Crippen LogP contribution in [0.3, 0.4) is 0 Å². The van der Waals surface area contributed by atoms with Gasteiger partial charge in [-0.3, -0.25) is 9.59 Å². The van der Waals surface area contributed by atoms with Crippen molar-refractivity contribution >= 4 is 34.7 Å². The number of carbonyl (C=O) groups excluding carboxylic acids is 1. The van der Waals surface area contributed by atoms with Gasteiger partial charge >= 0.3 is 0 Å². The predicted octanol–water partition coefficient (Wildman–Crippen LogP) is 3.94. The highest BCUT2D eigenvalue weighted by atomic mass is 35.5. The van der Waals surface area contributed by atoms with E-state index in [-0.39, 0.29) is 17.6 Å². The number of rotatable bonds is 6. The minimum atomic E-state index is -0.507. The second-order valence-corrected chi connectivity index (χ2v) is 6.98. The summed E-state index contributed by atoms with van der Waals surface area (Å²) < 4.78 is 16.2. The molecular formula is C22H16ClN3O5. The van der Waals surface area contributed by atoms with Gasteiger partial charge in [0.1, 0.15) is 17.6 Å². The van der Waals surface area contributed by atoms with Gasteiger partial charge in [-0.2, -0.15) is 5.10 Å². The van der Waals surface area contributed by atoms with Crippen molar-refractivity contribution in [2.45, 2.75) is 6.92 Å². The van der Waals surface area contributed by atoms with Crippen LogP contribution >= 0.6 is 11.6 Å². The molecule has 2 aromatic heterocycles. The minimum absolute atomic E-state index is 0.171. The molecule has 2 aromatic carbocycles. The molecule has 1 amide bonds. The molecule has 0 spiro atoms. The summed E-state index contributed by atoms with van der Waals surface area (Å²) in [4.78, 5) is 24.6. The summed E-state index contributed by atoms with van der Waals surface area (Å²) >= 11 is 6.09. The van der Waals surface area contributed by atoms with Gasteiger partial charge in [0.2, 0.25) is 5.43 Å². The lowest BCUT2D eigenvalue weighted by Crippen LogP contribution is -2.25. The monoisotopic (exact) mass is 437 g/mol. The highest BCUT2D eigenvalue weighted by Crippen LogP contribution is 2.29. The highest BCUT2D eigenvalue weighted by Gasteiger charge is 2.11. The SMILES string of the molecule is Cc1cc2occ(/C=N/NC(=O)COc3ccccc3-c3ccno3)c(=O)c2cc1Cl. The maximum absolute atomic E-state index is 12.6. The summed E-state index contributed by atoms with van der Waals surface area (Å²) in [6.07, 6.45) is 4.00. The van der Waals surface area contributed by atoms with E-state index in [0.29, 0.717) is 33.1 Å². The van der Waals surface area contributed by atoms with Crippen molar-refractivity contribution in [2.24, 2.45) is 5.10 Å². The number of aromatic nitrogens is 1. The first-order chi connectivity index (χ1) is 15.0. The number of nitrogens with one attached hydrogen (secondary N) is 1. The maximum Gasteiger partial charge on any atom is 0.277 e. The molecule has 0 unspecified atom stereocenters. The summed E-state index contributed by atoms with van der Waals surface area (Å²) in [5.41, 5.74) is 4.07. The number of aryl methyl sites for hydroxylation is 1. The lowest BCUT2D eigenvalue weighted by molar-refractivity contribution is -0.123. The molecule has 8 nitrogen and oxygen atoms in total. The fraction of sp³-hybridized carbons (Fsp3) is 0.0909. The third-order valence-corrected chi connectivity index (χ3v) is 4.83. The number of hydrogen-bond donors (Lipinski definition) is 1. The number of hydrogen-bond acceptors (Lipinski definition) is 7. The molecule has 4 rings (SSSR count). The first kappa shape index (κ1) is 20.4. The molecule has 4 aromatic rings. The van der Waals surface area contributed by atoms with E-state index in [1.54, 1.807) is 36.4 Å². The fourth-order valence-corrected chi connectivity index (χ4v) is 3.02. The van der Waals surface area contributed by atoms with Crippen LogP contribution in [0, 0.1) is 6.92 Å². The summed E-state index contributed by atoms with van der Waals surface area (Å²) in [6, 6.07) is 12.0. The van der Waals surface area contributed by atoms with Crippen LogP contribution < -0.4 is 15.6 Å². The maximum atomic E-state index is 12.6. The van der Waals surface area contributed by atoms with E-state index in [1.807, 2.05) is 13.0 Å². The Labute approximate surface area is 181 Å². The molecule has 0 aliphatic heterocycles. The van der Waals surface area contributed by atoms with Gasteiger partial charge in [-0.05, 0) is 36.8 Å². The van der Waals surface area contributed by atoms with Crippen LogP contribution in [-0.2, 0) is 4.79 Å². The number of benzene rings is 2. The molecule has 0 saturated heterocycles. The van der Waals surface area contributed by atoms with E-state index >= 15 is 0 Å². The van der Waals surface area contributed by atoms with E-state index in [9.17, 15) is 9.59 Å². The van der Waals surface area contributed by atoms with Crippen LogP contribution in [0.4, 0.5) is 0 Å². The molecule has 0 saturated carbocycles. The Morgan fingerprint density at radius 1 is 1.29 bits per heavy atom. The summed E-state index contributed by atoms with van der Waals surface area (Å²) in [6.45, 7) is 1.53. The molecular weight excluding hydrogens is 422 g/mol. The van der Waals surface area contributed by atoms with Gasteiger partial charge in [-0.1, -0.05) is 28.9 Å². The van der Waals surface area contributed by atoms with Gasteiger partial charge in [0.25, 0.3) is 5.91 Å². The van der Waals surface area contributed by atoms with Crippen molar-refractivity contribution in [1.82, 2.24) is 10.6 Å². The average Bonchev–Trinajstić information content (AvgIpc) is 3.30. The van der Waals surface area contributed by atoms with Crippen LogP contribution in [0.25, 0.3) is 22.3 Å². The zero-order valence-corrected chi connectivity index (χ0v) is 17.1. The van der Waals surface area contributed by atoms with Crippen molar-refractivity contribution < 1.29 is 18.5 Å². The molecule has 156 valence electrons. The number of para-hydroxylation sites is 1. The molecule has 31 heavy (non-hydrogen) atoms. The second kappa shape index (κ2) is 8.85. The number of amides is 1. The number of halogens is 1. The van der Waals surface area contributed by atoms with Crippen molar-refractivity contribution in [1.29, 1.82) is 0 Å². The Hall–Kier alpha value is -3.91. The van der Waals surface area contributed by atoms with Crippen LogP contribution in [0.1, 0.15) is 11.1 Å². The number of fused-ring (bicyclic) bond motifs is 1. The zero-order chi connectivity index (χ0) is 21.8. The predicted molar refractivity (Wildman–Crippen MR) is 115 cm³/mol. The molecule has 1 N–H and O–H groups in total. The van der Waals surface area contributed by atoms with E-state index in [0.717, 1.165) is 5.56 Å². The van der Waals surface area contributed by atoms with E-state index in [2.05, 4.69) is 15.7 Å². The largest absolute Gasteiger partial charge is 0.483 e. The Morgan fingerprint density at radius 2 is 2.13 bits per heavy atom. The molecule has 0 fully saturated rings. The molecule has 9 heteroatoms. The fourth-order valence-electron chi connectivity index (χ4n) is 2.86. The zero-order valence-electron chi connectivity index (χ0n) is 16.3. The van der Waals surface area contributed by atoms with E-state index < -0.39 is 5.91 Å². The molecule has 2 heterocycles. The first-order valence-electron chi connectivity index (χ1n) is 9.19. The number of hydrazone groups is 1. The van der Waals surface area contributed by atoms with Crippen LogP contribution in [0.5, 0.6) is 5.75 Å². The summed E-state index contributed by atoms with van der Waals surface area (Å²) in [5.74, 6) is 0.473. The summed E-state index contributed by atoms with van der Waals surface area (Å²) in [5, 5.41) is 8.27. The van der Waals surface area contributed by atoms with Crippen molar-refractivity contribution in [2.75, 3.05) is 6.61 Å². The lowest BCUT2D eigenvalue weighted by atomic mass is 10.1. The first-order valence-corrected chi connectivity index (χ1v) is 9.57.